The monoisotopic (exact) mass is 1670 g/mol. The Morgan fingerprint density at radius 3 is 1.36 bits per heavy atom. The van der Waals surface area contributed by atoms with E-state index >= 15 is 0 Å². The number of hydrogen-bond acceptors (Lipinski definition) is 21. The van der Waals surface area contributed by atoms with Gasteiger partial charge in [0.1, 0.15) is 28.8 Å². The molecule has 8 aromatic carbocycles. The Hall–Kier alpha value is -14.8. The van der Waals surface area contributed by atoms with Gasteiger partial charge in [-0.15, -0.1) is 0 Å². The lowest BCUT2D eigenvalue weighted by atomic mass is 10.0. The van der Waals surface area contributed by atoms with E-state index in [1.807, 2.05) is 70.7 Å². The lowest BCUT2D eigenvalue weighted by Gasteiger charge is -2.07. The number of hydrogen-bond donors (Lipinski definition) is 10. The number of Topliss-reactive ketones (excluding diaryl/α,β-unsaturated/α-hetero) is 1. The van der Waals surface area contributed by atoms with E-state index in [1.54, 1.807) is 64.5 Å². The predicted octanol–water partition coefficient (Wildman–Crippen LogP) is 14.5. The number of rotatable bonds is 22. The third kappa shape index (κ3) is 26.9. The summed E-state index contributed by atoms with van der Waals surface area (Å²) >= 11 is 5.00. The Morgan fingerprint density at radius 2 is 0.908 bits per heavy atom. The van der Waals surface area contributed by atoms with E-state index in [2.05, 4.69) is 40.8 Å². The number of aldehydes is 1. The minimum absolute atomic E-state index is 0.00723. The first kappa shape index (κ1) is 92.4. The van der Waals surface area contributed by atoms with E-state index in [0.717, 1.165) is 105 Å². The van der Waals surface area contributed by atoms with Crippen molar-refractivity contribution in [3.63, 3.8) is 0 Å². The summed E-state index contributed by atoms with van der Waals surface area (Å²) in [6.07, 6.45) is 14.2. The average molecular weight is 1680 g/mol. The Labute approximate surface area is 685 Å². The number of ketones is 1. The molecule has 5 aromatic heterocycles. The van der Waals surface area contributed by atoms with Crippen LogP contribution in [0.4, 0.5) is 80.9 Å². The highest BCUT2D eigenvalue weighted by molar-refractivity contribution is 6.67. The molecule has 2 amide bonds. The minimum Gasteiger partial charge on any atom is -0.397 e. The fourth-order valence-corrected chi connectivity index (χ4v) is 10.9. The molecule has 0 unspecified atom stereocenters. The lowest BCUT2D eigenvalue weighted by Crippen LogP contribution is -2.25. The third-order valence-corrected chi connectivity index (χ3v) is 17.3. The first-order valence-electron chi connectivity index (χ1n) is 36.1. The van der Waals surface area contributed by atoms with Gasteiger partial charge >= 0.3 is 0 Å². The highest BCUT2D eigenvalue weighted by Crippen LogP contribution is 2.31. The normalized spacial score (nSPS) is 10.4. The summed E-state index contributed by atoms with van der Waals surface area (Å²) in [6.45, 7) is 5.00. The molecule has 0 aliphatic rings. The number of aromatic amines is 1. The molecule has 37 heteroatoms. The molecule has 0 saturated carbocycles. The van der Waals surface area contributed by atoms with Crippen LogP contribution in [0.3, 0.4) is 0 Å². The molecule has 624 valence electrons. The smallest absolute Gasteiger partial charge is 0.292 e. The Balaban J connectivity index is 0.000000207. The van der Waals surface area contributed by atoms with E-state index in [4.69, 9.17) is 51.7 Å². The van der Waals surface area contributed by atoms with Crippen LogP contribution in [0, 0.1) is 66.8 Å². The summed E-state index contributed by atoms with van der Waals surface area (Å²) in [5.41, 5.74) is 50.1. The van der Waals surface area contributed by atoms with Crippen molar-refractivity contribution in [1.82, 2.24) is 50.1 Å². The zero-order chi connectivity index (χ0) is 88.0. The molecule has 0 spiro atoms. The molecule has 0 bridgehead atoms. The van der Waals surface area contributed by atoms with Gasteiger partial charge in [-0.2, -0.15) is 10.2 Å². The molecule has 17 N–H and O–H groups in total. The molecule has 13 aromatic rings. The molecule has 0 atom stereocenters. The van der Waals surface area contributed by atoms with Crippen LogP contribution in [-0.4, -0.2) is 98.1 Å². The van der Waals surface area contributed by atoms with Crippen molar-refractivity contribution in [3.05, 3.63) is 312 Å². The Bertz CT molecular complexity index is 5830. The van der Waals surface area contributed by atoms with E-state index < -0.39 is 73.4 Å². The van der Waals surface area contributed by atoms with Crippen molar-refractivity contribution < 1.29 is 68.9 Å². The maximum absolute atomic E-state index is 13.4. The summed E-state index contributed by atoms with van der Waals surface area (Å²) in [7, 11) is 3.68. The maximum Gasteiger partial charge on any atom is 0.292 e. The average Bonchev–Trinajstić information content (AvgIpc) is 1.63. The molecule has 120 heavy (non-hydrogen) atoms. The number of halogens is 9. The number of nitrogen functional groups attached to an aromatic ring is 6. The van der Waals surface area contributed by atoms with Gasteiger partial charge in [-0.1, -0.05) is 38.1 Å². The number of carbonyl (C=O) groups is 5. The molecule has 0 radical (unpaired) electrons. The largest absolute Gasteiger partial charge is 0.397 e. The van der Waals surface area contributed by atoms with Crippen LogP contribution >= 0.6 is 11.6 Å². The number of pyridine rings is 2. The molecule has 13 rings (SSSR count). The molecule has 0 saturated heterocycles. The number of nitrogens with one attached hydrogen (secondary N) is 3. The molecular formula is C83H80ClF8N19O9. The van der Waals surface area contributed by atoms with Crippen molar-refractivity contribution in [2.45, 2.75) is 52.4 Å². The van der Waals surface area contributed by atoms with Gasteiger partial charge in [0, 0.05) is 115 Å². The van der Waals surface area contributed by atoms with Gasteiger partial charge in [0.05, 0.1) is 55.8 Å². The van der Waals surface area contributed by atoms with Crippen molar-refractivity contribution >= 4 is 97.5 Å². The molecule has 0 aliphatic carbocycles. The topological polar surface area (TPSA) is 468 Å². The Morgan fingerprint density at radius 1 is 0.483 bits per heavy atom. The summed E-state index contributed by atoms with van der Waals surface area (Å²) < 4.78 is 106. The SMILES string of the molecule is CC.Cn1cc(-c2cnc(N)c(-c3nc4ccc(CCCC(=O)c5ccc(F)c(F)c5)cc4[nH]3)c2)cn1.Cn1cc(-c2cnc(N)c(C=O)c2)cn1.NCCc1ccc(N)c([N+](=O)[O-])c1.Nc1ccc(CCNC(=O)c2ccc(F)c(F)c2)cc1N.Nc1ccc(CCNC(=O)c2ccc(F)c(F)c2)cc1[N+](=O)[O-].O=C(Cl)c1ccc(F)c(F)c1. The van der Waals surface area contributed by atoms with E-state index in [0.29, 0.717) is 91.2 Å². The lowest BCUT2D eigenvalue weighted by molar-refractivity contribution is -0.384. The predicted molar refractivity (Wildman–Crippen MR) is 442 cm³/mol. The zero-order valence-electron chi connectivity index (χ0n) is 64.6. The third-order valence-electron chi connectivity index (χ3n) is 17.1. The summed E-state index contributed by atoms with van der Waals surface area (Å²) in [5, 5.41) is 33.9. The standard InChI is InChI=1S/C26H22F2N6O.C15H13F2N3O3.C15H15F2N3O.C10H10N4O.C8H11N3O2.C7H3ClF2O.C2H6/c1-34-14-18(13-31-34)17-10-19(25(29)30-12-17)26-32-22-8-5-15(9-23(22)33-26)3-2-4-24(35)16-6-7-20(27)21(28)11-16;16-11-3-2-10(8-12(11)17)15(21)19-6-5-9-1-4-13(18)14(7-9)20(22)23;16-11-3-2-10(8-12(11)17)15(21)20-6-5-9-1-4-13(18)14(19)7-9;1-14-5-9(4-13-14)7-2-8(6-15)10(11)12-3-7;9-4-3-6-1-2-7(10)8(5-6)11(12)13;8-7(11)4-1-2-5(9)6(10)3-4;1-2/h5-14H,2-4H2,1H3,(H2,29,30)(H,32,33);1-4,7-8H,5-6,18H2,(H,19,21);1-4,7-8H,5-6,18-19H2,(H,20,21);2-6H,1H3,(H2,11,12);1-2,5H,3-4,9-10H2;1-3H;1-2H3. The van der Waals surface area contributed by atoms with Crippen molar-refractivity contribution in [2.75, 3.05) is 54.0 Å². The number of benzene rings is 8. The fraction of sp³-hybridized carbons (Fsp3) is 0.157. The second-order valence-corrected chi connectivity index (χ2v) is 25.9. The second-order valence-electron chi connectivity index (χ2n) is 25.6. The van der Waals surface area contributed by atoms with Crippen molar-refractivity contribution in [1.29, 1.82) is 0 Å². The number of imidazole rings is 1. The first-order valence-corrected chi connectivity index (χ1v) is 36.5. The van der Waals surface area contributed by atoms with Gasteiger partial charge in [0.15, 0.2) is 58.6 Å². The number of H-pyrrole nitrogens is 1. The molecule has 0 aliphatic heterocycles. The van der Waals surface area contributed by atoms with Crippen LogP contribution < -0.4 is 50.8 Å². The number of aryl methyl sites for hydroxylation is 3. The molecule has 28 nitrogen and oxygen atoms in total. The van der Waals surface area contributed by atoms with Crippen LogP contribution in [0.1, 0.15) is 101 Å². The molecule has 5 heterocycles. The van der Waals surface area contributed by atoms with Crippen molar-refractivity contribution in [3.8, 4) is 33.6 Å². The quantitative estimate of drug-likeness (QED) is 0.00573. The number of fused-ring (bicyclic) bond motifs is 1. The van der Waals surface area contributed by atoms with Crippen LogP contribution in [0.25, 0.3) is 44.7 Å². The number of nitro benzene ring substituents is 2. The van der Waals surface area contributed by atoms with Crippen LogP contribution in [0.15, 0.2) is 195 Å². The van der Waals surface area contributed by atoms with Gasteiger partial charge in [0.2, 0.25) is 0 Å². The highest BCUT2D eigenvalue weighted by Gasteiger charge is 2.19. The minimum atomic E-state index is -1.10. The number of amides is 2. The number of carbonyl (C=O) groups excluding carboxylic acids is 5. The van der Waals surface area contributed by atoms with Crippen molar-refractivity contribution in [2.24, 2.45) is 19.8 Å². The number of anilines is 6. The summed E-state index contributed by atoms with van der Waals surface area (Å²) in [5.74, 6) is -8.22. The van der Waals surface area contributed by atoms with Gasteiger partial charge < -0.3 is 55.8 Å². The van der Waals surface area contributed by atoms with Gasteiger partial charge in [-0.05, 0) is 194 Å². The van der Waals surface area contributed by atoms with E-state index in [9.17, 15) is 79.3 Å². The zero-order valence-corrected chi connectivity index (χ0v) is 65.3. The maximum atomic E-state index is 13.4. The van der Waals surface area contributed by atoms with Gasteiger partial charge in [-0.25, -0.2) is 50.1 Å². The van der Waals surface area contributed by atoms with Gasteiger partial charge in [-0.3, -0.25) is 53.6 Å². The highest BCUT2D eigenvalue weighted by atomic mass is 35.5. The second kappa shape index (κ2) is 44.3. The van der Waals surface area contributed by atoms with E-state index in [1.165, 1.54) is 42.5 Å². The fourth-order valence-electron chi connectivity index (χ4n) is 10.8. The Kier molecular flexibility index (Phi) is 34.1. The number of nitrogens with two attached hydrogens (primary N) is 7. The van der Waals surface area contributed by atoms with Gasteiger partial charge in [0.25, 0.3) is 28.4 Å². The summed E-state index contributed by atoms with van der Waals surface area (Å²) in [4.78, 5) is 93.4. The van der Waals surface area contributed by atoms with E-state index in [-0.39, 0.29) is 69.6 Å². The van der Waals surface area contributed by atoms with Crippen LogP contribution in [-0.2, 0) is 39.8 Å². The van der Waals surface area contributed by atoms with Crippen LogP contribution in [0.2, 0.25) is 0 Å². The molecular weight excluding hydrogens is 1590 g/mol. The first-order chi connectivity index (χ1) is 57.2. The summed E-state index contributed by atoms with van der Waals surface area (Å²) in [6, 6.07) is 35.7. The number of nitro groups is 2. The van der Waals surface area contributed by atoms with Crippen LogP contribution in [0.5, 0.6) is 0 Å². The molecule has 0 fully saturated rings. The number of nitrogens with zero attached hydrogens (tertiary/aromatic N) is 9. The number of aromatic nitrogens is 8.